The lowest BCUT2D eigenvalue weighted by atomic mass is 9.82. The Morgan fingerprint density at radius 2 is 2.04 bits per heavy atom. The minimum absolute atomic E-state index is 0.244. The van der Waals surface area contributed by atoms with Crippen molar-refractivity contribution in [2.45, 2.75) is 50.9 Å². The number of aliphatic hydroxyl groups is 1. The largest absolute Gasteiger partial charge is 0.389 e. The first-order chi connectivity index (χ1) is 10.8. The summed E-state index contributed by atoms with van der Waals surface area (Å²) in [5.74, 6) is -0.244. The maximum Gasteiger partial charge on any atom is 0.123 e. The predicted octanol–water partition coefficient (Wildman–Crippen LogP) is 2.60. The third-order valence-corrected chi connectivity index (χ3v) is 4.11. The van der Waals surface area contributed by atoms with E-state index in [2.05, 4.69) is 5.32 Å². The zero-order valence-electron chi connectivity index (χ0n) is 14.3. The molecule has 2 N–H and O–H groups in total. The molecule has 0 amide bonds. The Kier molecular flexibility index (Phi) is 6.14. The van der Waals surface area contributed by atoms with E-state index >= 15 is 0 Å². The highest BCUT2D eigenvalue weighted by molar-refractivity contribution is 5.26. The van der Waals surface area contributed by atoms with Crippen molar-refractivity contribution in [1.29, 1.82) is 0 Å². The van der Waals surface area contributed by atoms with Crippen LogP contribution in [0.4, 0.5) is 4.39 Å². The first-order valence-electron chi connectivity index (χ1n) is 8.22. The first kappa shape index (κ1) is 18.3. The highest BCUT2D eigenvalue weighted by atomic mass is 19.1. The van der Waals surface area contributed by atoms with E-state index in [1.54, 1.807) is 12.1 Å². The van der Waals surface area contributed by atoms with E-state index in [9.17, 15) is 9.50 Å². The van der Waals surface area contributed by atoms with E-state index in [4.69, 9.17) is 9.47 Å². The third kappa shape index (κ3) is 5.53. The smallest absolute Gasteiger partial charge is 0.123 e. The normalized spacial score (nSPS) is 19.5. The summed E-state index contributed by atoms with van der Waals surface area (Å²) in [6.07, 6.45) is 0.898. The monoisotopic (exact) mass is 325 g/mol. The van der Waals surface area contributed by atoms with Crippen LogP contribution in [-0.4, -0.2) is 43.2 Å². The molecule has 0 radical (unpaired) electrons. The average molecular weight is 325 g/mol. The molecule has 1 aliphatic heterocycles. The van der Waals surface area contributed by atoms with Crippen LogP contribution in [0.15, 0.2) is 24.3 Å². The first-order valence-corrected chi connectivity index (χ1v) is 8.22. The molecular formula is C18H28FNO3. The standard InChI is InChI=1S/C18H28FNO3/c1-17(2,3)23-13-16(21)12-20-18(7-9-22-10-8-18)14-5-4-6-15(19)11-14/h4-6,11,16,20-21H,7-10,12-13H2,1-3H3. The van der Waals surface area contributed by atoms with Gasteiger partial charge in [-0.15, -0.1) is 0 Å². The van der Waals surface area contributed by atoms with Gasteiger partial charge in [-0.2, -0.15) is 0 Å². The minimum atomic E-state index is -0.609. The van der Waals surface area contributed by atoms with E-state index in [1.165, 1.54) is 6.07 Å². The Labute approximate surface area is 138 Å². The summed E-state index contributed by atoms with van der Waals surface area (Å²) in [5.41, 5.74) is 0.271. The number of hydrogen-bond donors (Lipinski definition) is 2. The molecular weight excluding hydrogens is 297 g/mol. The number of rotatable bonds is 6. The highest BCUT2D eigenvalue weighted by Gasteiger charge is 2.34. The summed E-state index contributed by atoms with van der Waals surface area (Å²) < 4.78 is 24.7. The second kappa shape index (κ2) is 7.71. The number of hydrogen-bond acceptors (Lipinski definition) is 4. The molecule has 1 aromatic rings. The molecule has 0 aliphatic carbocycles. The Morgan fingerprint density at radius 1 is 1.35 bits per heavy atom. The van der Waals surface area contributed by atoms with Crippen LogP contribution in [0.5, 0.6) is 0 Å². The number of benzene rings is 1. The molecule has 0 bridgehead atoms. The molecule has 1 aromatic carbocycles. The van der Waals surface area contributed by atoms with Gasteiger partial charge in [-0.1, -0.05) is 12.1 Å². The number of nitrogens with one attached hydrogen (secondary N) is 1. The van der Waals surface area contributed by atoms with Gasteiger partial charge in [-0.3, -0.25) is 0 Å². The van der Waals surface area contributed by atoms with Crippen molar-refractivity contribution in [1.82, 2.24) is 5.32 Å². The van der Waals surface area contributed by atoms with Crippen molar-refractivity contribution in [3.63, 3.8) is 0 Å². The van der Waals surface area contributed by atoms with E-state index in [0.29, 0.717) is 19.8 Å². The SMILES string of the molecule is CC(C)(C)OCC(O)CNC1(c2cccc(F)c2)CCOCC1. The van der Waals surface area contributed by atoms with Crippen LogP contribution in [0.2, 0.25) is 0 Å². The molecule has 0 aromatic heterocycles. The van der Waals surface area contributed by atoms with Gasteiger partial charge in [-0.25, -0.2) is 4.39 Å². The third-order valence-electron chi connectivity index (χ3n) is 4.11. The molecule has 1 aliphatic rings. The number of halogens is 1. The van der Waals surface area contributed by atoms with Gasteiger partial charge in [0.05, 0.1) is 18.3 Å². The maximum atomic E-state index is 13.6. The fourth-order valence-electron chi connectivity index (χ4n) is 2.79. The summed E-state index contributed by atoms with van der Waals surface area (Å²) >= 11 is 0. The summed E-state index contributed by atoms with van der Waals surface area (Å²) in [5, 5.41) is 13.6. The van der Waals surface area contributed by atoms with Gasteiger partial charge in [0.1, 0.15) is 5.82 Å². The van der Waals surface area contributed by atoms with Crippen LogP contribution in [0.25, 0.3) is 0 Å². The Balaban J connectivity index is 2.02. The van der Waals surface area contributed by atoms with Crippen LogP contribution in [0.1, 0.15) is 39.2 Å². The van der Waals surface area contributed by atoms with Gasteiger partial charge >= 0.3 is 0 Å². The molecule has 1 saturated heterocycles. The summed E-state index contributed by atoms with van der Waals surface area (Å²) in [4.78, 5) is 0. The zero-order chi connectivity index (χ0) is 16.9. The number of aliphatic hydroxyl groups excluding tert-OH is 1. The minimum Gasteiger partial charge on any atom is -0.389 e. The predicted molar refractivity (Wildman–Crippen MR) is 87.8 cm³/mol. The van der Waals surface area contributed by atoms with Gasteiger partial charge in [-0.05, 0) is 51.3 Å². The van der Waals surface area contributed by atoms with Gasteiger partial charge in [0.2, 0.25) is 0 Å². The Morgan fingerprint density at radius 3 is 2.65 bits per heavy atom. The quantitative estimate of drug-likeness (QED) is 0.844. The fraction of sp³-hybridized carbons (Fsp3) is 0.667. The molecule has 1 unspecified atom stereocenters. The number of ether oxygens (including phenoxy) is 2. The topological polar surface area (TPSA) is 50.7 Å². The molecule has 23 heavy (non-hydrogen) atoms. The van der Waals surface area contributed by atoms with Gasteiger partial charge in [0, 0.05) is 25.3 Å². The van der Waals surface area contributed by atoms with Crippen LogP contribution in [0.3, 0.4) is 0 Å². The van der Waals surface area contributed by atoms with Crippen molar-refractivity contribution in [2.75, 3.05) is 26.4 Å². The zero-order valence-corrected chi connectivity index (χ0v) is 14.3. The van der Waals surface area contributed by atoms with Crippen molar-refractivity contribution in [3.8, 4) is 0 Å². The van der Waals surface area contributed by atoms with Crippen LogP contribution >= 0.6 is 0 Å². The second-order valence-corrected chi connectivity index (χ2v) is 7.16. The molecule has 1 heterocycles. The lowest BCUT2D eigenvalue weighted by molar-refractivity contribution is -0.0518. The lowest BCUT2D eigenvalue weighted by Gasteiger charge is -2.39. The van der Waals surface area contributed by atoms with E-state index < -0.39 is 6.10 Å². The summed E-state index contributed by atoms with van der Waals surface area (Å²) in [6, 6.07) is 6.67. The van der Waals surface area contributed by atoms with Crippen molar-refractivity contribution < 1.29 is 19.0 Å². The van der Waals surface area contributed by atoms with Gasteiger partial charge in [0.25, 0.3) is 0 Å². The van der Waals surface area contributed by atoms with Crippen molar-refractivity contribution in [3.05, 3.63) is 35.6 Å². The van der Waals surface area contributed by atoms with E-state index in [-0.39, 0.29) is 23.6 Å². The molecule has 0 saturated carbocycles. The lowest BCUT2D eigenvalue weighted by Crippen LogP contribution is -2.50. The summed E-state index contributed by atoms with van der Waals surface area (Å²) in [6.45, 7) is 7.79. The van der Waals surface area contributed by atoms with E-state index in [1.807, 2.05) is 26.8 Å². The summed E-state index contributed by atoms with van der Waals surface area (Å²) in [7, 11) is 0. The van der Waals surface area contributed by atoms with Crippen LogP contribution < -0.4 is 5.32 Å². The molecule has 4 nitrogen and oxygen atoms in total. The maximum absolute atomic E-state index is 13.6. The fourth-order valence-corrected chi connectivity index (χ4v) is 2.79. The van der Waals surface area contributed by atoms with Gasteiger partial charge < -0.3 is 19.9 Å². The van der Waals surface area contributed by atoms with Gasteiger partial charge in [0.15, 0.2) is 0 Å². The highest BCUT2D eigenvalue weighted by Crippen LogP contribution is 2.32. The van der Waals surface area contributed by atoms with E-state index in [0.717, 1.165) is 18.4 Å². The molecule has 1 fully saturated rings. The molecule has 5 heteroatoms. The van der Waals surface area contributed by atoms with Crippen molar-refractivity contribution in [2.24, 2.45) is 0 Å². The molecule has 1 atom stereocenters. The Hall–Kier alpha value is -1.01. The Bertz CT molecular complexity index is 495. The van der Waals surface area contributed by atoms with Crippen molar-refractivity contribution >= 4 is 0 Å². The van der Waals surface area contributed by atoms with Crippen LogP contribution in [-0.2, 0) is 15.0 Å². The average Bonchev–Trinajstić information content (AvgIpc) is 2.51. The van der Waals surface area contributed by atoms with Crippen LogP contribution in [0, 0.1) is 5.82 Å². The molecule has 2 rings (SSSR count). The second-order valence-electron chi connectivity index (χ2n) is 7.16. The molecule has 0 spiro atoms. The molecule has 130 valence electrons.